The minimum Gasteiger partial charge on any atom is -0.507 e. The molecule has 25 heavy (non-hydrogen) atoms. The van der Waals surface area contributed by atoms with Crippen LogP contribution in [0.3, 0.4) is 0 Å². The minimum absolute atomic E-state index is 0.0500. The summed E-state index contributed by atoms with van der Waals surface area (Å²) in [5.41, 5.74) is 1.10. The molecule has 0 saturated heterocycles. The van der Waals surface area contributed by atoms with Crippen molar-refractivity contribution in [3.63, 3.8) is 0 Å². The minimum atomic E-state index is -0.751. The third kappa shape index (κ3) is 5.20. The van der Waals surface area contributed by atoms with Gasteiger partial charge in [0.25, 0.3) is 11.5 Å². The lowest BCUT2D eigenvalue weighted by atomic mass is 10.2. The highest BCUT2D eigenvalue weighted by molar-refractivity contribution is 5.86. The fourth-order valence-corrected chi connectivity index (χ4v) is 1.73. The van der Waals surface area contributed by atoms with Crippen LogP contribution in [0.1, 0.15) is 12.5 Å². The normalized spacial score (nSPS) is 10.6. The van der Waals surface area contributed by atoms with Gasteiger partial charge < -0.3 is 15.2 Å². The van der Waals surface area contributed by atoms with E-state index in [0.717, 1.165) is 0 Å². The van der Waals surface area contributed by atoms with Crippen LogP contribution >= 0.6 is 0 Å². The van der Waals surface area contributed by atoms with E-state index in [1.54, 1.807) is 12.1 Å². The average molecular weight is 348 g/mol. The van der Waals surface area contributed by atoms with E-state index in [2.05, 4.69) is 20.9 Å². The Bertz CT molecular complexity index is 888. The van der Waals surface area contributed by atoms with Gasteiger partial charge in [-0.05, 0) is 19.1 Å². The molecule has 0 bridgehead atoms. The Balaban J connectivity index is 1.88. The molecule has 132 valence electrons. The standard InChI is InChI=1S/C14H16N6O5/c1-2-25-9-4-3-8(10(21)5-9)6-16-18-11(22)7-15-12-13(23)17-14(24)20-19-12/h3-6,21H,2,7H2,1H3,(H,15,19)(H,18,22)(H2,17,20,23,24). The third-order valence-electron chi connectivity index (χ3n) is 2.83. The first kappa shape index (κ1) is 17.7. The molecule has 0 aliphatic heterocycles. The van der Waals surface area contributed by atoms with Crippen LogP contribution in [0.5, 0.6) is 11.5 Å². The number of hydrogen-bond acceptors (Lipinski definition) is 8. The third-order valence-corrected chi connectivity index (χ3v) is 2.83. The largest absolute Gasteiger partial charge is 0.507 e. The molecule has 11 nitrogen and oxygen atoms in total. The second kappa shape index (κ2) is 8.29. The van der Waals surface area contributed by atoms with Crippen LogP contribution in [-0.2, 0) is 4.79 Å². The Hall–Kier alpha value is -3.63. The van der Waals surface area contributed by atoms with Gasteiger partial charge in [0.15, 0.2) is 0 Å². The topological polar surface area (TPSA) is 162 Å². The zero-order valence-electron chi connectivity index (χ0n) is 13.2. The van der Waals surface area contributed by atoms with Gasteiger partial charge in [-0.3, -0.25) is 14.6 Å². The molecule has 0 aliphatic carbocycles. The van der Waals surface area contributed by atoms with Crippen LogP contribution in [0.4, 0.5) is 5.82 Å². The van der Waals surface area contributed by atoms with E-state index in [-0.39, 0.29) is 18.1 Å². The number of hydrogen-bond donors (Lipinski definition) is 5. The molecular weight excluding hydrogens is 332 g/mol. The van der Waals surface area contributed by atoms with Crippen LogP contribution < -0.4 is 26.7 Å². The van der Waals surface area contributed by atoms with Crippen molar-refractivity contribution in [1.29, 1.82) is 0 Å². The molecule has 0 spiro atoms. The van der Waals surface area contributed by atoms with E-state index in [1.165, 1.54) is 12.3 Å². The van der Waals surface area contributed by atoms with Gasteiger partial charge in [-0.1, -0.05) is 0 Å². The number of ether oxygens (including phenoxy) is 1. The zero-order chi connectivity index (χ0) is 18.2. The molecule has 11 heteroatoms. The highest BCUT2D eigenvalue weighted by Crippen LogP contribution is 2.22. The summed E-state index contributed by atoms with van der Waals surface area (Å²) in [7, 11) is 0. The Kier molecular flexibility index (Phi) is 5.87. The van der Waals surface area contributed by atoms with E-state index in [4.69, 9.17) is 4.74 Å². The molecule has 0 fully saturated rings. The lowest BCUT2D eigenvalue weighted by Gasteiger charge is -2.05. The van der Waals surface area contributed by atoms with Crippen LogP contribution in [0.15, 0.2) is 32.9 Å². The number of carbonyl (C=O) groups excluding carboxylic acids is 1. The number of carbonyl (C=O) groups is 1. The van der Waals surface area contributed by atoms with Gasteiger partial charge in [0.2, 0.25) is 5.82 Å². The van der Waals surface area contributed by atoms with E-state index in [1.807, 2.05) is 17.0 Å². The summed E-state index contributed by atoms with van der Waals surface area (Å²) in [4.78, 5) is 35.8. The quantitative estimate of drug-likeness (QED) is 0.321. The van der Waals surface area contributed by atoms with Crippen molar-refractivity contribution in [1.82, 2.24) is 20.6 Å². The molecule has 5 N–H and O–H groups in total. The number of rotatable bonds is 7. The van der Waals surface area contributed by atoms with E-state index >= 15 is 0 Å². The predicted molar refractivity (Wildman–Crippen MR) is 89.0 cm³/mol. The van der Waals surface area contributed by atoms with E-state index < -0.39 is 17.2 Å². The Labute approximate surface area is 140 Å². The molecule has 0 atom stereocenters. The summed E-state index contributed by atoms with van der Waals surface area (Å²) in [6.45, 7) is 2.00. The summed E-state index contributed by atoms with van der Waals surface area (Å²) in [5, 5.41) is 21.4. The number of nitrogens with one attached hydrogen (secondary N) is 4. The van der Waals surface area contributed by atoms with Crippen molar-refractivity contribution in [3.05, 3.63) is 44.6 Å². The van der Waals surface area contributed by atoms with Crippen molar-refractivity contribution < 1.29 is 14.6 Å². The summed E-state index contributed by atoms with van der Waals surface area (Å²) >= 11 is 0. The van der Waals surface area contributed by atoms with Gasteiger partial charge in [0.05, 0.1) is 19.4 Å². The van der Waals surface area contributed by atoms with Gasteiger partial charge >= 0.3 is 5.69 Å². The maximum atomic E-state index is 11.6. The second-order valence-electron chi connectivity index (χ2n) is 4.66. The van der Waals surface area contributed by atoms with Crippen molar-refractivity contribution in [2.24, 2.45) is 5.10 Å². The lowest BCUT2D eigenvalue weighted by molar-refractivity contribution is -0.119. The zero-order valence-corrected chi connectivity index (χ0v) is 13.2. The first-order valence-electron chi connectivity index (χ1n) is 7.20. The summed E-state index contributed by atoms with van der Waals surface area (Å²) in [6.07, 6.45) is 1.26. The van der Waals surface area contributed by atoms with E-state index in [9.17, 15) is 19.5 Å². The molecule has 1 heterocycles. The molecule has 1 amide bonds. The molecule has 0 radical (unpaired) electrons. The van der Waals surface area contributed by atoms with Crippen LogP contribution in [-0.4, -0.2) is 45.6 Å². The van der Waals surface area contributed by atoms with Gasteiger partial charge in [-0.2, -0.15) is 5.10 Å². The lowest BCUT2D eigenvalue weighted by Crippen LogP contribution is -2.31. The molecule has 0 saturated carbocycles. The number of hydrazone groups is 1. The highest BCUT2D eigenvalue weighted by atomic mass is 16.5. The fraction of sp³-hybridized carbons (Fsp3) is 0.214. The maximum absolute atomic E-state index is 11.6. The summed E-state index contributed by atoms with van der Waals surface area (Å²) in [5.74, 6) is -0.299. The molecule has 1 aromatic carbocycles. The number of amides is 1. The molecule has 0 aliphatic rings. The average Bonchev–Trinajstić information content (AvgIpc) is 2.56. The van der Waals surface area contributed by atoms with Crippen LogP contribution in [0.2, 0.25) is 0 Å². The Morgan fingerprint density at radius 2 is 2.24 bits per heavy atom. The number of phenolic OH excluding ortho intramolecular Hbond substituents is 1. The molecule has 0 unspecified atom stereocenters. The van der Waals surface area contributed by atoms with Gasteiger partial charge in [-0.15, -0.1) is 5.10 Å². The van der Waals surface area contributed by atoms with Crippen molar-refractivity contribution in [2.75, 3.05) is 18.5 Å². The number of phenols is 1. The smallest absolute Gasteiger partial charge is 0.342 e. The molecule has 2 aromatic rings. The van der Waals surface area contributed by atoms with Crippen molar-refractivity contribution in [3.8, 4) is 11.5 Å². The van der Waals surface area contributed by atoms with Gasteiger partial charge in [0, 0.05) is 11.6 Å². The van der Waals surface area contributed by atoms with Crippen LogP contribution in [0.25, 0.3) is 0 Å². The maximum Gasteiger partial charge on any atom is 0.342 e. The number of aromatic nitrogens is 3. The van der Waals surface area contributed by atoms with Gasteiger partial charge in [0.1, 0.15) is 11.5 Å². The number of anilines is 1. The fourth-order valence-electron chi connectivity index (χ4n) is 1.73. The molecule has 2 rings (SSSR count). The van der Waals surface area contributed by atoms with Crippen molar-refractivity contribution >= 4 is 17.9 Å². The number of aromatic amines is 2. The van der Waals surface area contributed by atoms with Crippen LogP contribution in [0, 0.1) is 0 Å². The summed E-state index contributed by atoms with van der Waals surface area (Å²) in [6, 6.07) is 4.67. The van der Waals surface area contributed by atoms with Crippen molar-refractivity contribution in [2.45, 2.75) is 6.92 Å². The second-order valence-corrected chi connectivity index (χ2v) is 4.66. The first-order valence-corrected chi connectivity index (χ1v) is 7.20. The highest BCUT2D eigenvalue weighted by Gasteiger charge is 2.05. The van der Waals surface area contributed by atoms with Gasteiger partial charge in [-0.25, -0.2) is 15.3 Å². The Morgan fingerprint density at radius 3 is 2.92 bits per heavy atom. The molecule has 1 aromatic heterocycles. The molecular formula is C14H16N6O5. The number of benzene rings is 1. The monoisotopic (exact) mass is 348 g/mol. The number of nitrogens with zero attached hydrogens (tertiary/aromatic N) is 2. The SMILES string of the molecule is CCOc1ccc(C=NNC(=O)CNc2n[nH]c(=O)[nH]c2=O)c(O)c1. The predicted octanol–water partition coefficient (Wildman–Crippen LogP) is -0.875. The number of H-pyrrole nitrogens is 2. The summed E-state index contributed by atoms with van der Waals surface area (Å²) < 4.78 is 5.24. The first-order chi connectivity index (χ1) is 12.0. The number of aromatic hydroxyl groups is 1. The van der Waals surface area contributed by atoms with E-state index in [0.29, 0.717) is 17.9 Å². The Morgan fingerprint density at radius 1 is 1.44 bits per heavy atom.